The Kier molecular flexibility index (Phi) is 8.87. The zero-order valence-corrected chi connectivity index (χ0v) is 33.0. The Bertz CT molecular complexity index is 3280. The van der Waals surface area contributed by atoms with E-state index in [0.717, 1.165) is 28.3 Å². The number of fused-ring (bicyclic) bond motifs is 4. The van der Waals surface area contributed by atoms with E-state index in [1.165, 1.54) is 71.6 Å². The minimum absolute atomic E-state index is 1.08. The van der Waals surface area contributed by atoms with Gasteiger partial charge >= 0.3 is 0 Å². The van der Waals surface area contributed by atoms with Crippen LogP contribution in [0.5, 0.6) is 0 Å². The minimum atomic E-state index is 1.08. The average Bonchev–Trinajstić information content (AvgIpc) is 3.66. The summed E-state index contributed by atoms with van der Waals surface area (Å²) in [5.41, 5.74) is 16.2. The van der Waals surface area contributed by atoms with E-state index in [-0.39, 0.29) is 0 Å². The largest absolute Gasteiger partial charge is 0.310 e. The maximum Gasteiger partial charge on any atom is 0.0562 e. The number of para-hydroxylation sites is 1. The lowest BCUT2D eigenvalue weighted by molar-refractivity contribution is 1.18. The predicted molar refractivity (Wildman–Crippen MR) is 255 cm³/mol. The number of hydrogen-bond acceptors (Lipinski definition) is 1. The van der Waals surface area contributed by atoms with E-state index in [2.05, 4.69) is 252 Å². The first-order chi connectivity index (χ1) is 29.8. The first-order valence-corrected chi connectivity index (χ1v) is 20.6. The van der Waals surface area contributed by atoms with Gasteiger partial charge in [0.05, 0.1) is 22.4 Å². The van der Waals surface area contributed by atoms with Crippen molar-refractivity contribution in [3.63, 3.8) is 0 Å². The van der Waals surface area contributed by atoms with Gasteiger partial charge in [0.25, 0.3) is 0 Å². The molecule has 0 saturated heterocycles. The van der Waals surface area contributed by atoms with Gasteiger partial charge in [0.15, 0.2) is 0 Å². The van der Waals surface area contributed by atoms with Gasteiger partial charge in [0.1, 0.15) is 0 Å². The van der Waals surface area contributed by atoms with E-state index in [1.54, 1.807) is 0 Å². The summed E-state index contributed by atoms with van der Waals surface area (Å²) in [6.45, 7) is 0. The molecule has 282 valence electrons. The van der Waals surface area contributed by atoms with Gasteiger partial charge in [-0.1, -0.05) is 188 Å². The van der Waals surface area contributed by atoms with Crippen molar-refractivity contribution in [2.24, 2.45) is 0 Å². The summed E-state index contributed by atoms with van der Waals surface area (Å²) in [6.07, 6.45) is 0. The van der Waals surface area contributed by atoms with Crippen LogP contribution in [0.15, 0.2) is 243 Å². The molecule has 11 rings (SSSR count). The van der Waals surface area contributed by atoms with E-state index in [0.29, 0.717) is 0 Å². The maximum atomic E-state index is 2.47. The van der Waals surface area contributed by atoms with Crippen molar-refractivity contribution in [1.29, 1.82) is 0 Å². The molecular formula is C58H40N2. The Hall–Kier alpha value is -7.94. The second-order valence-electron chi connectivity index (χ2n) is 15.3. The zero-order valence-electron chi connectivity index (χ0n) is 33.0. The van der Waals surface area contributed by atoms with Gasteiger partial charge in [-0.2, -0.15) is 0 Å². The number of rotatable bonds is 8. The van der Waals surface area contributed by atoms with Crippen LogP contribution in [0.2, 0.25) is 0 Å². The molecule has 11 aromatic rings. The summed E-state index contributed by atoms with van der Waals surface area (Å²) >= 11 is 0. The molecule has 0 spiro atoms. The lowest BCUT2D eigenvalue weighted by Gasteiger charge is -2.29. The van der Waals surface area contributed by atoms with Crippen molar-refractivity contribution in [3.8, 4) is 50.2 Å². The number of nitrogens with zero attached hydrogens (tertiary/aromatic N) is 2. The fraction of sp³-hybridized carbons (Fsp3) is 0. The maximum absolute atomic E-state index is 2.47. The van der Waals surface area contributed by atoms with Gasteiger partial charge < -0.3 is 9.47 Å². The van der Waals surface area contributed by atoms with Gasteiger partial charge in [0, 0.05) is 33.3 Å². The molecule has 0 aliphatic rings. The first-order valence-electron chi connectivity index (χ1n) is 20.6. The SMILES string of the molecule is c1ccc(-c2ccc(N(c3ccc4c5ccccc5n(-c5ccc(-c6ccccc6)cc5-c5ccccc5)c4c3)c3cc4ccccc4cc3-c3ccccc3)cc2)cc1. The van der Waals surface area contributed by atoms with Crippen LogP contribution in [0.25, 0.3) is 82.8 Å². The van der Waals surface area contributed by atoms with E-state index >= 15 is 0 Å². The molecular weight excluding hydrogens is 725 g/mol. The lowest BCUT2D eigenvalue weighted by atomic mass is 9.97. The normalized spacial score (nSPS) is 11.3. The van der Waals surface area contributed by atoms with E-state index in [4.69, 9.17) is 0 Å². The average molecular weight is 765 g/mol. The highest BCUT2D eigenvalue weighted by atomic mass is 15.1. The van der Waals surface area contributed by atoms with Gasteiger partial charge in [-0.15, -0.1) is 0 Å². The van der Waals surface area contributed by atoms with Crippen LogP contribution in [0.3, 0.4) is 0 Å². The van der Waals surface area contributed by atoms with Gasteiger partial charge in [-0.25, -0.2) is 0 Å². The summed E-state index contributed by atoms with van der Waals surface area (Å²) in [5.74, 6) is 0. The van der Waals surface area contributed by atoms with Crippen molar-refractivity contribution < 1.29 is 0 Å². The van der Waals surface area contributed by atoms with Crippen LogP contribution in [0, 0.1) is 0 Å². The second-order valence-corrected chi connectivity index (χ2v) is 15.3. The van der Waals surface area contributed by atoms with Crippen molar-refractivity contribution in [1.82, 2.24) is 4.57 Å². The van der Waals surface area contributed by atoms with Gasteiger partial charge in [-0.05, 0) is 98.8 Å². The molecule has 0 saturated carbocycles. The standard InChI is InChI=1S/C58H40N2/c1-5-17-41(18-6-1)43-29-32-49(33-30-43)59(57-39-47-26-14-13-25-46(47)37-54(57)45-23-11-4-12-24-45)50-34-35-52-51-27-15-16-28-55(51)60(58(52)40-50)56-36-31-48(42-19-7-2-8-20-42)38-53(56)44-21-9-3-10-22-44/h1-40H. The molecule has 0 radical (unpaired) electrons. The van der Waals surface area contributed by atoms with Crippen molar-refractivity contribution >= 4 is 49.6 Å². The number of benzene rings is 10. The Balaban J connectivity index is 1.18. The van der Waals surface area contributed by atoms with Crippen molar-refractivity contribution in [2.75, 3.05) is 4.90 Å². The highest BCUT2D eigenvalue weighted by molar-refractivity contribution is 6.11. The summed E-state index contributed by atoms with van der Waals surface area (Å²) in [6, 6.07) is 88.0. The third kappa shape index (κ3) is 6.32. The summed E-state index contributed by atoms with van der Waals surface area (Å²) in [5, 5.41) is 4.84. The highest BCUT2D eigenvalue weighted by Crippen LogP contribution is 2.46. The quantitative estimate of drug-likeness (QED) is 0.150. The highest BCUT2D eigenvalue weighted by Gasteiger charge is 2.22. The number of anilines is 3. The Morgan fingerprint density at radius 3 is 1.43 bits per heavy atom. The van der Waals surface area contributed by atoms with Gasteiger partial charge in [0.2, 0.25) is 0 Å². The predicted octanol–water partition coefficient (Wildman–Crippen LogP) is 16.1. The molecule has 0 bridgehead atoms. The lowest BCUT2D eigenvalue weighted by Crippen LogP contribution is -2.11. The third-order valence-corrected chi connectivity index (χ3v) is 11.8. The van der Waals surface area contributed by atoms with E-state index < -0.39 is 0 Å². The molecule has 0 atom stereocenters. The summed E-state index contributed by atoms with van der Waals surface area (Å²) in [4.78, 5) is 2.45. The fourth-order valence-electron chi connectivity index (χ4n) is 8.87. The van der Waals surface area contributed by atoms with Crippen LogP contribution in [0.1, 0.15) is 0 Å². The summed E-state index contributed by atoms with van der Waals surface area (Å²) < 4.78 is 2.47. The molecule has 10 aromatic carbocycles. The number of aromatic nitrogens is 1. The molecule has 0 N–H and O–H groups in total. The molecule has 0 fully saturated rings. The van der Waals surface area contributed by atoms with E-state index in [1.807, 2.05) is 0 Å². The first kappa shape index (κ1) is 35.2. The Morgan fingerprint density at radius 1 is 0.283 bits per heavy atom. The minimum Gasteiger partial charge on any atom is -0.310 e. The third-order valence-electron chi connectivity index (χ3n) is 11.8. The van der Waals surface area contributed by atoms with Crippen molar-refractivity contribution in [2.45, 2.75) is 0 Å². The molecule has 0 aliphatic heterocycles. The Morgan fingerprint density at radius 2 is 0.767 bits per heavy atom. The van der Waals surface area contributed by atoms with E-state index in [9.17, 15) is 0 Å². The van der Waals surface area contributed by atoms with Crippen LogP contribution >= 0.6 is 0 Å². The topological polar surface area (TPSA) is 8.17 Å². The fourth-order valence-corrected chi connectivity index (χ4v) is 8.87. The monoisotopic (exact) mass is 764 g/mol. The van der Waals surface area contributed by atoms with Crippen LogP contribution in [-0.2, 0) is 0 Å². The van der Waals surface area contributed by atoms with Crippen molar-refractivity contribution in [3.05, 3.63) is 243 Å². The molecule has 1 heterocycles. The van der Waals surface area contributed by atoms with Crippen LogP contribution < -0.4 is 4.90 Å². The smallest absolute Gasteiger partial charge is 0.0562 e. The molecule has 1 aromatic heterocycles. The second kappa shape index (κ2) is 15.1. The van der Waals surface area contributed by atoms with Crippen LogP contribution in [0.4, 0.5) is 17.1 Å². The van der Waals surface area contributed by atoms with Crippen LogP contribution in [-0.4, -0.2) is 4.57 Å². The number of hydrogen-bond donors (Lipinski definition) is 0. The zero-order chi connectivity index (χ0) is 39.8. The molecule has 0 aliphatic carbocycles. The molecule has 2 heteroatoms. The van der Waals surface area contributed by atoms with Gasteiger partial charge in [-0.3, -0.25) is 0 Å². The molecule has 0 amide bonds. The summed E-state index contributed by atoms with van der Waals surface area (Å²) in [7, 11) is 0. The molecule has 60 heavy (non-hydrogen) atoms. The molecule has 2 nitrogen and oxygen atoms in total. The Labute approximate surface area is 350 Å². The molecule has 0 unspecified atom stereocenters.